The summed E-state index contributed by atoms with van der Waals surface area (Å²) in [6.07, 6.45) is 0. The zero-order valence-electron chi connectivity index (χ0n) is 17.3. The molecular formula is C23H25N3O4. The summed E-state index contributed by atoms with van der Waals surface area (Å²) in [6.45, 7) is 4.51. The van der Waals surface area contributed by atoms with Crippen molar-refractivity contribution in [1.82, 2.24) is 15.5 Å². The van der Waals surface area contributed by atoms with E-state index in [1.54, 1.807) is 13.2 Å². The van der Waals surface area contributed by atoms with Crippen LogP contribution in [0.5, 0.6) is 17.4 Å². The van der Waals surface area contributed by atoms with Crippen LogP contribution in [-0.4, -0.2) is 43.0 Å². The molecule has 1 N–H and O–H groups in total. The van der Waals surface area contributed by atoms with Gasteiger partial charge in [-0.2, -0.15) is 0 Å². The standard InChI is InChI=1S/C23H25N3O4/c1-16-4-5-17(2)21(14-16)30-15-22(27)24-12-13-29-23-11-10-20(25-26-23)18-6-8-19(28-3)9-7-18/h4-11,14H,12-13,15H2,1-3H3,(H,24,27). The number of carbonyl (C=O) groups excluding carboxylic acids is 1. The largest absolute Gasteiger partial charge is 0.497 e. The Morgan fingerprint density at radius 1 is 0.967 bits per heavy atom. The van der Waals surface area contributed by atoms with E-state index in [0.29, 0.717) is 18.2 Å². The first-order valence-electron chi connectivity index (χ1n) is 9.63. The van der Waals surface area contributed by atoms with Gasteiger partial charge in [0.25, 0.3) is 5.91 Å². The maximum Gasteiger partial charge on any atom is 0.258 e. The third-order valence-corrected chi connectivity index (χ3v) is 4.40. The van der Waals surface area contributed by atoms with Crippen LogP contribution in [0.25, 0.3) is 11.3 Å². The van der Waals surface area contributed by atoms with E-state index in [-0.39, 0.29) is 19.1 Å². The molecule has 0 aliphatic rings. The topological polar surface area (TPSA) is 82.6 Å². The molecule has 156 valence electrons. The molecule has 3 aromatic rings. The van der Waals surface area contributed by atoms with Crippen LogP contribution in [0.2, 0.25) is 0 Å². The molecule has 0 fully saturated rings. The summed E-state index contributed by atoms with van der Waals surface area (Å²) in [6, 6.07) is 17.0. The molecule has 0 aliphatic heterocycles. The van der Waals surface area contributed by atoms with E-state index in [2.05, 4.69) is 15.5 Å². The Morgan fingerprint density at radius 3 is 2.47 bits per heavy atom. The fourth-order valence-electron chi connectivity index (χ4n) is 2.72. The van der Waals surface area contributed by atoms with Crippen molar-refractivity contribution < 1.29 is 19.0 Å². The SMILES string of the molecule is COc1ccc(-c2ccc(OCCNC(=O)COc3cc(C)ccc3C)nn2)cc1. The highest BCUT2D eigenvalue weighted by Crippen LogP contribution is 2.21. The third-order valence-electron chi connectivity index (χ3n) is 4.40. The third kappa shape index (κ3) is 5.94. The van der Waals surface area contributed by atoms with Crippen molar-refractivity contribution in [2.45, 2.75) is 13.8 Å². The Morgan fingerprint density at radius 2 is 1.77 bits per heavy atom. The molecule has 0 atom stereocenters. The van der Waals surface area contributed by atoms with Gasteiger partial charge in [0.2, 0.25) is 5.88 Å². The van der Waals surface area contributed by atoms with Crippen LogP contribution >= 0.6 is 0 Å². The summed E-state index contributed by atoms with van der Waals surface area (Å²) < 4.78 is 16.3. The lowest BCUT2D eigenvalue weighted by atomic mass is 10.1. The lowest BCUT2D eigenvalue weighted by Gasteiger charge is -2.10. The van der Waals surface area contributed by atoms with Crippen molar-refractivity contribution in [3.05, 3.63) is 65.7 Å². The van der Waals surface area contributed by atoms with E-state index in [9.17, 15) is 4.79 Å². The first-order chi connectivity index (χ1) is 14.5. The van der Waals surface area contributed by atoms with Gasteiger partial charge in [0.15, 0.2) is 6.61 Å². The second kappa shape index (κ2) is 10.2. The van der Waals surface area contributed by atoms with Crippen molar-refractivity contribution in [2.24, 2.45) is 0 Å². The van der Waals surface area contributed by atoms with E-state index in [1.165, 1.54) is 0 Å². The molecule has 0 bridgehead atoms. The average Bonchev–Trinajstić information content (AvgIpc) is 2.78. The fraction of sp³-hybridized carbons (Fsp3) is 0.261. The van der Waals surface area contributed by atoms with Crippen LogP contribution in [0.4, 0.5) is 0 Å². The number of carbonyl (C=O) groups is 1. The van der Waals surface area contributed by atoms with Gasteiger partial charge in [-0.15, -0.1) is 10.2 Å². The number of aromatic nitrogens is 2. The van der Waals surface area contributed by atoms with Gasteiger partial charge in [0, 0.05) is 11.6 Å². The molecular weight excluding hydrogens is 382 g/mol. The summed E-state index contributed by atoms with van der Waals surface area (Å²) in [7, 11) is 1.63. The molecule has 0 radical (unpaired) electrons. The van der Waals surface area contributed by atoms with Crippen LogP contribution in [0.1, 0.15) is 11.1 Å². The van der Waals surface area contributed by atoms with E-state index < -0.39 is 0 Å². The van der Waals surface area contributed by atoms with Crippen molar-refractivity contribution >= 4 is 5.91 Å². The zero-order valence-corrected chi connectivity index (χ0v) is 17.3. The van der Waals surface area contributed by atoms with E-state index in [4.69, 9.17) is 14.2 Å². The molecule has 0 saturated carbocycles. The number of rotatable bonds is 9. The predicted molar refractivity (Wildman–Crippen MR) is 114 cm³/mol. The van der Waals surface area contributed by atoms with E-state index in [0.717, 1.165) is 28.1 Å². The van der Waals surface area contributed by atoms with Gasteiger partial charge in [-0.05, 0) is 61.4 Å². The number of hydrogen-bond acceptors (Lipinski definition) is 6. The highest BCUT2D eigenvalue weighted by Gasteiger charge is 2.06. The van der Waals surface area contributed by atoms with Crippen molar-refractivity contribution in [3.63, 3.8) is 0 Å². The van der Waals surface area contributed by atoms with E-state index in [1.807, 2.05) is 62.4 Å². The van der Waals surface area contributed by atoms with E-state index >= 15 is 0 Å². The monoisotopic (exact) mass is 407 g/mol. The minimum atomic E-state index is -0.208. The number of aryl methyl sites for hydroxylation is 2. The van der Waals surface area contributed by atoms with Gasteiger partial charge in [0.1, 0.15) is 18.1 Å². The van der Waals surface area contributed by atoms with Crippen molar-refractivity contribution in [1.29, 1.82) is 0 Å². The number of amides is 1. The molecule has 3 rings (SSSR count). The lowest BCUT2D eigenvalue weighted by molar-refractivity contribution is -0.123. The minimum absolute atomic E-state index is 0.0410. The average molecular weight is 407 g/mol. The first-order valence-corrected chi connectivity index (χ1v) is 9.63. The minimum Gasteiger partial charge on any atom is -0.497 e. The molecule has 7 nitrogen and oxygen atoms in total. The molecule has 1 amide bonds. The second-order valence-corrected chi connectivity index (χ2v) is 6.74. The van der Waals surface area contributed by atoms with Gasteiger partial charge in [-0.1, -0.05) is 12.1 Å². The fourth-order valence-corrected chi connectivity index (χ4v) is 2.72. The smallest absolute Gasteiger partial charge is 0.258 e. The maximum absolute atomic E-state index is 11.9. The second-order valence-electron chi connectivity index (χ2n) is 6.74. The van der Waals surface area contributed by atoms with Gasteiger partial charge in [-0.3, -0.25) is 4.79 Å². The summed E-state index contributed by atoms with van der Waals surface area (Å²) >= 11 is 0. The Labute approximate surface area is 176 Å². The Bertz CT molecular complexity index is 973. The van der Waals surface area contributed by atoms with Gasteiger partial charge in [0.05, 0.1) is 19.3 Å². The number of methoxy groups -OCH3 is 1. The Hall–Kier alpha value is -3.61. The molecule has 7 heteroatoms. The number of nitrogens with one attached hydrogen (secondary N) is 1. The summed E-state index contributed by atoms with van der Waals surface area (Å²) in [5, 5.41) is 11.0. The Balaban J connectivity index is 1.39. The normalized spacial score (nSPS) is 10.4. The first kappa shape index (κ1) is 21.1. The maximum atomic E-state index is 11.9. The molecule has 0 unspecified atom stereocenters. The van der Waals surface area contributed by atoms with Crippen LogP contribution in [0.15, 0.2) is 54.6 Å². The van der Waals surface area contributed by atoms with Crippen LogP contribution < -0.4 is 19.5 Å². The molecule has 1 aromatic heterocycles. The van der Waals surface area contributed by atoms with Crippen molar-refractivity contribution in [3.8, 4) is 28.6 Å². The number of benzene rings is 2. The van der Waals surface area contributed by atoms with Crippen molar-refractivity contribution in [2.75, 3.05) is 26.9 Å². The molecule has 0 saturated heterocycles. The highest BCUT2D eigenvalue weighted by atomic mass is 16.5. The highest BCUT2D eigenvalue weighted by molar-refractivity contribution is 5.77. The summed E-state index contributed by atoms with van der Waals surface area (Å²) in [4.78, 5) is 11.9. The van der Waals surface area contributed by atoms with Gasteiger partial charge >= 0.3 is 0 Å². The summed E-state index contributed by atoms with van der Waals surface area (Å²) in [5.74, 6) is 1.69. The Kier molecular flexibility index (Phi) is 7.21. The molecule has 1 heterocycles. The quantitative estimate of drug-likeness (QED) is 0.548. The molecule has 0 spiro atoms. The number of ether oxygens (including phenoxy) is 3. The summed E-state index contributed by atoms with van der Waals surface area (Å²) in [5.41, 5.74) is 3.75. The van der Waals surface area contributed by atoms with Crippen LogP contribution in [-0.2, 0) is 4.79 Å². The molecule has 2 aromatic carbocycles. The molecule has 0 aliphatic carbocycles. The lowest BCUT2D eigenvalue weighted by Crippen LogP contribution is -2.32. The number of hydrogen-bond donors (Lipinski definition) is 1. The predicted octanol–water partition coefficient (Wildman–Crippen LogP) is 3.34. The van der Waals surface area contributed by atoms with Crippen LogP contribution in [0.3, 0.4) is 0 Å². The molecule has 30 heavy (non-hydrogen) atoms. The van der Waals surface area contributed by atoms with Gasteiger partial charge < -0.3 is 19.5 Å². The van der Waals surface area contributed by atoms with Gasteiger partial charge in [-0.25, -0.2) is 0 Å². The number of nitrogens with zero attached hydrogens (tertiary/aromatic N) is 2. The zero-order chi connectivity index (χ0) is 21.3. The van der Waals surface area contributed by atoms with Crippen LogP contribution in [0, 0.1) is 13.8 Å².